The van der Waals surface area contributed by atoms with Crippen molar-refractivity contribution in [1.82, 2.24) is 14.5 Å². The van der Waals surface area contributed by atoms with E-state index in [1.807, 2.05) is 18.2 Å². The van der Waals surface area contributed by atoms with Gasteiger partial charge in [-0.25, -0.2) is 9.37 Å². The van der Waals surface area contributed by atoms with Crippen LogP contribution in [-0.2, 0) is 10.6 Å². The predicted molar refractivity (Wildman–Crippen MR) is 139 cm³/mol. The smallest absolute Gasteiger partial charge is 0.260 e. The van der Waals surface area contributed by atoms with Gasteiger partial charge in [0.15, 0.2) is 5.84 Å². The van der Waals surface area contributed by atoms with Gasteiger partial charge in [0.25, 0.3) is 5.72 Å². The Labute approximate surface area is 206 Å². The van der Waals surface area contributed by atoms with E-state index in [0.717, 1.165) is 35.5 Å². The third-order valence-corrected chi connectivity index (χ3v) is 8.78. The topological polar surface area (TPSA) is 62.9 Å². The first kappa shape index (κ1) is 23.5. The highest BCUT2D eigenvalue weighted by atomic mass is 28.3. The number of amidine groups is 1. The summed E-state index contributed by atoms with van der Waals surface area (Å²) >= 11 is 0. The number of aromatic nitrogens is 2. The van der Waals surface area contributed by atoms with Gasteiger partial charge in [0.1, 0.15) is 12.4 Å². The fourth-order valence-corrected chi connectivity index (χ4v) is 6.51. The molecule has 0 bridgehead atoms. The average Bonchev–Trinajstić information content (AvgIpc) is 3.44. The van der Waals surface area contributed by atoms with Gasteiger partial charge >= 0.3 is 0 Å². The zero-order valence-electron chi connectivity index (χ0n) is 20.6. The van der Waals surface area contributed by atoms with Gasteiger partial charge < -0.3 is 19.4 Å². The van der Waals surface area contributed by atoms with Crippen LogP contribution in [0.5, 0.6) is 0 Å². The lowest BCUT2D eigenvalue weighted by Gasteiger charge is -2.38. The van der Waals surface area contributed by atoms with Crippen LogP contribution in [0, 0.1) is 12.7 Å². The van der Waals surface area contributed by atoms with Crippen LogP contribution in [0.4, 0.5) is 4.39 Å². The van der Waals surface area contributed by atoms with Crippen molar-refractivity contribution in [3.8, 4) is 5.69 Å². The highest BCUT2D eigenvalue weighted by molar-refractivity contribution is 6.89. The molecule has 182 valence electrons. The number of piperidine rings is 1. The second-order valence-corrected chi connectivity index (χ2v) is 15.4. The third kappa shape index (κ3) is 4.21. The van der Waals surface area contributed by atoms with Gasteiger partial charge in [0, 0.05) is 24.0 Å². The maximum atomic E-state index is 13.5. The highest BCUT2D eigenvalue weighted by Crippen LogP contribution is 2.40. The standard InChI is InChI=1S/C27H31FN4O2Si/c1-19-16-31(18-29-19)24-12-7-20(15-25(24)35(2,3)4)14-21-6-5-13-32-26(21)30-34-27(32,17-33)22-8-10-23(28)11-9-22/h7-12,14-16,18,33H,5-6,13,17H2,1-4H3/b21-14+. The predicted octanol–water partition coefficient (Wildman–Crippen LogP) is 4.53. The molecule has 0 aliphatic carbocycles. The van der Waals surface area contributed by atoms with E-state index in [4.69, 9.17) is 4.84 Å². The van der Waals surface area contributed by atoms with E-state index in [9.17, 15) is 9.50 Å². The second kappa shape index (κ2) is 8.77. The molecule has 1 atom stereocenters. The number of rotatable bonds is 5. The molecule has 0 amide bonds. The van der Waals surface area contributed by atoms with Crippen molar-refractivity contribution in [2.45, 2.75) is 45.1 Å². The summed E-state index contributed by atoms with van der Waals surface area (Å²) < 4.78 is 15.6. The molecule has 1 N–H and O–H groups in total. The SMILES string of the molecule is Cc1cn(-c2ccc(/C=C3\CCCN4C3=NOC4(CO)c3ccc(F)cc3)cc2[Si](C)(C)C)cn1. The van der Waals surface area contributed by atoms with Crippen LogP contribution in [-0.4, -0.2) is 46.6 Å². The number of fused-ring (bicyclic) bond motifs is 1. The number of aliphatic hydroxyl groups is 1. The first-order valence-electron chi connectivity index (χ1n) is 12.0. The van der Waals surface area contributed by atoms with Crippen molar-refractivity contribution < 1.29 is 14.3 Å². The molecule has 2 aromatic carbocycles. The monoisotopic (exact) mass is 490 g/mol. The van der Waals surface area contributed by atoms with Crippen LogP contribution in [0.15, 0.2) is 65.7 Å². The van der Waals surface area contributed by atoms with Crippen LogP contribution in [0.2, 0.25) is 19.6 Å². The molecule has 1 aromatic heterocycles. The minimum Gasteiger partial charge on any atom is -0.390 e. The van der Waals surface area contributed by atoms with Crippen molar-refractivity contribution in [2.75, 3.05) is 13.2 Å². The molecule has 0 radical (unpaired) electrons. The van der Waals surface area contributed by atoms with Crippen molar-refractivity contribution >= 4 is 25.2 Å². The Kier molecular flexibility index (Phi) is 5.89. The van der Waals surface area contributed by atoms with Gasteiger partial charge in [-0.3, -0.25) is 0 Å². The second-order valence-electron chi connectivity index (χ2n) is 10.3. The summed E-state index contributed by atoms with van der Waals surface area (Å²) in [6, 6.07) is 12.7. The van der Waals surface area contributed by atoms with Crippen molar-refractivity contribution in [3.63, 3.8) is 0 Å². The zero-order chi connectivity index (χ0) is 24.8. The van der Waals surface area contributed by atoms with Gasteiger partial charge in [-0.15, -0.1) is 0 Å². The Balaban J connectivity index is 1.51. The summed E-state index contributed by atoms with van der Waals surface area (Å²) in [4.78, 5) is 12.3. The summed E-state index contributed by atoms with van der Waals surface area (Å²) in [6.45, 7) is 9.47. The minimum absolute atomic E-state index is 0.280. The Morgan fingerprint density at radius 2 is 1.94 bits per heavy atom. The van der Waals surface area contributed by atoms with E-state index < -0.39 is 13.8 Å². The van der Waals surface area contributed by atoms with Gasteiger partial charge in [-0.1, -0.05) is 36.9 Å². The fourth-order valence-electron chi connectivity index (χ4n) is 4.93. The highest BCUT2D eigenvalue weighted by Gasteiger charge is 2.49. The van der Waals surface area contributed by atoms with Gasteiger partial charge in [-0.2, -0.15) is 0 Å². The lowest BCUT2D eigenvalue weighted by molar-refractivity contribution is -0.137. The quantitative estimate of drug-likeness (QED) is 0.534. The van der Waals surface area contributed by atoms with Crippen molar-refractivity contribution in [2.24, 2.45) is 5.16 Å². The van der Waals surface area contributed by atoms with E-state index >= 15 is 0 Å². The number of oxime groups is 1. The normalized spacial score (nSPS) is 21.1. The Morgan fingerprint density at radius 1 is 1.17 bits per heavy atom. The number of imidazole rings is 1. The van der Waals surface area contributed by atoms with Crippen LogP contribution in [0.25, 0.3) is 11.8 Å². The van der Waals surface area contributed by atoms with Crippen LogP contribution in [0.1, 0.15) is 29.7 Å². The van der Waals surface area contributed by atoms with Crippen LogP contribution in [0.3, 0.4) is 0 Å². The maximum absolute atomic E-state index is 13.5. The average molecular weight is 491 g/mol. The molecule has 6 nitrogen and oxygen atoms in total. The van der Waals surface area contributed by atoms with E-state index in [1.165, 1.54) is 23.0 Å². The molecule has 35 heavy (non-hydrogen) atoms. The molecule has 0 spiro atoms. The molecule has 1 unspecified atom stereocenters. The maximum Gasteiger partial charge on any atom is 0.260 e. The molecule has 3 heterocycles. The van der Waals surface area contributed by atoms with Crippen molar-refractivity contribution in [3.05, 3.63) is 83.2 Å². The number of benzene rings is 2. The molecule has 2 aliphatic rings. The largest absolute Gasteiger partial charge is 0.390 e. The van der Waals surface area contributed by atoms with Gasteiger partial charge in [0.05, 0.1) is 20.1 Å². The lowest BCUT2D eigenvalue weighted by Crippen LogP contribution is -2.51. The summed E-state index contributed by atoms with van der Waals surface area (Å²) in [5.74, 6) is 0.409. The summed E-state index contributed by atoms with van der Waals surface area (Å²) in [7, 11) is -1.66. The molecule has 0 saturated carbocycles. The number of nitrogens with zero attached hydrogens (tertiary/aromatic N) is 4. The third-order valence-electron chi connectivity index (χ3n) is 6.76. The van der Waals surface area contributed by atoms with E-state index in [0.29, 0.717) is 12.1 Å². The molecule has 3 aromatic rings. The fraction of sp³-hybridized carbons (Fsp3) is 0.333. The van der Waals surface area contributed by atoms with E-state index in [1.54, 1.807) is 12.1 Å². The Hall–Kier alpha value is -3.23. The summed E-state index contributed by atoms with van der Waals surface area (Å²) in [6.07, 6.45) is 7.89. The van der Waals surface area contributed by atoms with Crippen molar-refractivity contribution in [1.29, 1.82) is 0 Å². The summed E-state index contributed by atoms with van der Waals surface area (Å²) in [5, 5.41) is 16.1. The van der Waals surface area contributed by atoms with E-state index in [2.05, 4.69) is 64.8 Å². The molecule has 8 heteroatoms. The molecular weight excluding hydrogens is 459 g/mol. The van der Waals surface area contributed by atoms with Crippen LogP contribution >= 0.6 is 0 Å². The summed E-state index contributed by atoms with van der Waals surface area (Å²) in [5.41, 5.74) is 3.91. The minimum atomic E-state index is -1.66. The number of halogens is 1. The van der Waals surface area contributed by atoms with Gasteiger partial charge in [0.2, 0.25) is 0 Å². The molecule has 1 saturated heterocycles. The molecule has 1 fully saturated rings. The van der Waals surface area contributed by atoms with Gasteiger partial charge in [-0.05, 0) is 72.5 Å². The molecule has 2 aliphatic heterocycles. The number of aryl methyl sites for hydroxylation is 1. The van der Waals surface area contributed by atoms with E-state index in [-0.39, 0.29) is 12.4 Å². The molecule has 5 rings (SSSR count). The van der Waals surface area contributed by atoms with Crippen LogP contribution < -0.4 is 5.19 Å². The lowest BCUT2D eigenvalue weighted by atomic mass is 9.95. The number of hydrogen-bond acceptors (Lipinski definition) is 5. The first-order valence-corrected chi connectivity index (χ1v) is 15.5. The Bertz CT molecular complexity index is 1310. The molecular formula is C27H31FN4O2Si. The number of aliphatic hydroxyl groups excluding tert-OH is 1. The Morgan fingerprint density at radius 3 is 2.60 bits per heavy atom. The number of hydrogen-bond donors (Lipinski definition) is 1. The zero-order valence-corrected chi connectivity index (χ0v) is 21.6. The first-order chi connectivity index (χ1) is 16.7.